The maximum atomic E-state index is 8.43. The molecule has 1 aliphatic carbocycles. The molecule has 0 N–H and O–H groups in total. The molecule has 1 aromatic rings. The minimum absolute atomic E-state index is 0.911. The number of benzene rings is 1. The highest BCUT2D eigenvalue weighted by Crippen LogP contribution is 2.34. The zero-order chi connectivity index (χ0) is 17.7. The third-order valence-corrected chi connectivity index (χ3v) is 5.53. The summed E-state index contributed by atoms with van der Waals surface area (Å²) in [4.78, 5) is 0. The van der Waals surface area contributed by atoms with Gasteiger partial charge in [-0.25, -0.2) is 0 Å². The second kappa shape index (κ2) is 11.7. The van der Waals surface area contributed by atoms with E-state index in [-0.39, 0.29) is 0 Å². The molecule has 1 saturated carbocycles. The van der Waals surface area contributed by atoms with Crippen LogP contribution in [0.1, 0.15) is 69.4 Å². The third-order valence-electron chi connectivity index (χ3n) is 5.53. The Morgan fingerprint density at radius 2 is 1.52 bits per heavy atom. The molecule has 0 spiro atoms. The fourth-order valence-electron chi connectivity index (χ4n) is 3.95. The summed E-state index contributed by atoms with van der Waals surface area (Å²) >= 11 is 0. The maximum absolute atomic E-state index is 8.43. The smallest absolute Gasteiger partial charge is 0.0912 e. The van der Waals surface area contributed by atoms with E-state index in [2.05, 4.69) is 37.3 Å². The van der Waals surface area contributed by atoms with E-state index in [0.29, 0.717) is 0 Å². The summed E-state index contributed by atoms with van der Waals surface area (Å²) in [7, 11) is 0. The topological polar surface area (TPSA) is 23.8 Å². The summed E-state index contributed by atoms with van der Waals surface area (Å²) < 4.78 is 0. The summed E-state index contributed by atoms with van der Waals surface area (Å²) in [5.41, 5.74) is 2.99. The summed E-state index contributed by atoms with van der Waals surface area (Å²) in [5, 5.41) is 8.43. The molecule has 1 heteroatoms. The predicted octanol–water partition coefficient (Wildman–Crippen LogP) is 6.79. The molecule has 0 bridgehead atoms. The Balaban J connectivity index is 1.61. The minimum Gasteiger partial charge on any atom is -0.193 e. The Labute approximate surface area is 154 Å². The Kier molecular flexibility index (Phi) is 9.13. The van der Waals surface area contributed by atoms with Crippen LogP contribution in [0.25, 0.3) is 0 Å². The average Bonchev–Trinajstić information content (AvgIpc) is 2.65. The molecule has 0 heterocycles. The van der Waals surface area contributed by atoms with Crippen LogP contribution in [0.2, 0.25) is 0 Å². The standard InChI is InChI=1S/C24H33N/c1-2-8-21-10-14-23(15-11-21)18-19-24-16-12-22(13-17-24)9-6-4-3-5-7-20-25/h3-5,7,10-11,14-15,22,24H,2,6,8-9,12-13,16-19H2,1H3. The van der Waals surface area contributed by atoms with Crippen LogP contribution in [0, 0.1) is 23.2 Å². The van der Waals surface area contributed by atoms with Crippen LogP contribution in [0.15, 0.2) is 48.6 Å². The molecule has 0 aliphatic heterocycles. The van der Waals surface area contributed by atoms with Gasteiger partial charge in [0.25, 0.3) is 0 Å². The molecule has 0 radical (unpaired) electrons. The SMILES string of the molecule is CCCc1ccc(CCC2CCC(CCC=CC=CC#N)CC2)cc1. The van der Waals surface area contributed by atoms with Crippen molar-refractivity contribution >= 4 is 0 Å². The summed E-state index contributed by atoms with van der Waals surface area (Å²) in [6, 6.07) is 11.3. The molecule has 25 heavy (non-hydrogen) atoms. The fraction of sp³-hybridized carbons (Fsp3) is 0.542. The zero-order valence-corrected chi connectivity index (χ0v) is 15.8. The average molecular weight is 336 g/mol. The van der Waals surface area contributed by atoms with E-state index >= 15 is 0 Å². The molecule has 0 atom stereocenters. The number of allylic oxidation sites excluding steroid dienone is 4. The van der Waals surface area contributed by atoms with Gasteiger partial charge in [-0.1, -0.05) is 81.5 Å². The van der Waals surface area contributed by atoms with Gasteiger partial charge >= 0.3 is 0 Å². The zero-order valence-electron chi connectivity index (χ0n) is 15.8. The lowest BCUT2D eigenvalue weighted by Gasteiger charge is -2.28. The van der Waals surface area contributed by atoms with Crippen LogP contribution in [0.5, 0.6) is 0 Å². The van der Waals surface area contributed by atoms with Gasteiger partial charge in [0, 0.05) is 6.08 Å². The number of rotatable bonds is 9. The molecule has 0 amide bonds. The van der Waals surface area contributed by atoms with Gasteiger partial charge in [0.15, 0.2) is 0 Å². The molecule has 134 valence electrons. The molecule has 1 nitrogen and oxygen atoms in total. The molecule has 1 aliphatic rings. The van der Waals surface area contributed by atoms with Gasteiger partial charge in [-0.2, -0.15) is 5.26 Å². The molecule has 0 saturated heterocycles. The van der Waals surface area contributed by atoms with E-state index in [1.807, 2.05) is 18.2 Å². The molecular weight excluding hydrogens is 302 g/mol. The third kappa shape index (κ3) is 7.74. The summed E-state index contributed by atoms with van der Waals surface area (Å²) in [6.07, 6.45) is 20.7. The van der Waals surface area contributed by atoms with Crippen molar-refractivity contribution in [3.63, 3.8) is 0 Å². The number of aryl methyl sites for hydroxylation is 2. The quantitative estimate of drug-likeness (QED) is 0.360. The molecule has 2 rings (SSSR count). The largest absolute Gasteiger partial charge is 0.193 e. The van der Waals surface area contributed by atoms with Crippen molar-refractivity contribution < 1.29 is 0 Å². The van der Waals surface area contributed by atoms with E-state index in [1.54, 1.807) is 0 Å². The minimum atomic E-state index is 0.911. The lowest BCUT2D eigenvalue weighted by Crippen LogP contribution is -2.15. The van der Waals surface area contributed by atoms with E-state index in [1.165, 1.54) is 75.0 Å². The monoisotopic (exact) mass is 335 g/mol. The van der Waals surface area contributed by atoms with Crippen molar-refractivity contribution in [2.24, 2.45) is 11.8 Å². The van der Waals surface area contributed by atoms with Crippen LogP contribution in [0.4, 0.5) is 0 Å². The van der Waals surface area contributed by atoms with E-state index in [4.69, 9.17) is 5.26 Å². The highest BCUT2D eigenvalue weighted by atomic mass is 14.3. The van der Waals surface area contributed by atoms with Gasteiger partial charge in [-0.05, 0) is 55.1 Å². The van der Waals surface area contributed by atoms with Crippen molar-refractivity contribution in [2.75, 3.05) is 0 Å². The normalized spacial score (nSPS) is 21.0. The van der Waals surface area contributed by atoms with Crippen LogP contribution >= 0.6 is 0 Å². The first-order valence-corrected chi connectivity index (χ1v) is 10.1. The lowest BCUT2D eigenvalue weighted by molar-refractivity contribution is 0.254. The molecule has 0 unspecified atom stereocenters. The van der Waals surface area contributed by atoms with Gasteiger partial charge in [-0.3, -0.25) is 0 Å². The van der Waals surface area contributed by atoms with Crippen LogP contribution in [0.3, 0.4) is 0 Å². The van der Waals surface area contributed by atoms with Crippen molar-refractivity contribution in [2.45, 2.75) is 71.1 Å². The van der Waals surface area contributed by atoms with Gasteiger partial charge in [0.05, 0.1) is 6.07 Å². The number of nitriles is 1. The van der Waals surface area contributed by atoms with Gasteiger partial charge < -0.3 is 0 Å². The van der Waals surface area contributed by atoms with Crippen molar-refractivity contribution in [1.29, 1.82) is 5.26 Å². The highest BCUT2D eigenvalue weighted by Gasteiger charge is 2.20. The Hall–Kier alpha value is -1.81. The van der Waals surface area contributed by atoms with Crippen LogP contribution < -0.4 is 0 Å². The van der Waals surface area contributed by atoms with Gasteiger partial charge in [-0.15, -0.1) is 0 Å². The number of nitrogens with zero attached hydrogens (tertiary/aromatic N) is 1. The van der Waals surface area contributed by atoms with E-state index in [0.717, 1.165) is 18.3 Å². The first kappa shape index (κ1) is 19.5. The van der Waals surface area contributed by atoms with E-state index < -0.39 is 0 Å². The molecule has 1 aromatic carbocycles. The number of hydrogen-bond acceptors (Lipinski definition) is 1. The maximum Gasteiger partial charge on any atom is 0.0912 e. The predicted molar refractivity (Wildman–Crippen MR) is 107 cm³/mol. The highest BCUT2D eigenvalue weighted by molar-refractivity contribution is 5.22. The second-order valence-electron chi connectivity index (χ2n) is 7.49. The molecule has 1 fully saturated rings. The van der Waals surface area contributed by atoms with Crippen LogP contribution in [-0.2, 0) is 12.8 Å². The fourth-order valence-corrected chi connectivity index (χ4v) is 3.95. The Morgan fingerprint density at radius 3 is 2.12 bits per heavy atom. The summed E-state index contributed by atoms with van der Waals surface area (Å²) in [5.74, 6) is 1.84. The van der Waals surface area contributed by atoms with Crippen LogP contribution in [-0.4, -0.2) is 0 Å². The van der Waals surface area contributed by atoms with Crippen molar-refractivity contribution in [3.8, 4) is 6.07 Å². The van der Waals surface area contributed by atoms with E-state index in [9.17, 15) is 0 Å². The van der Waals surface area contributed by atoms with Gasteiger partial charge in [0.2, 0.25) is 0 Å². The van der Waals surface area contributed by atoms with Crippen molar-refractivity contribution in [1.82, 2.24) is 0 Å². The first-order chi connectivity index (χ1) is 12.3. The number of hydrogen-bond donors (Lipinski definition) is 0. The second-order valence-corrected chi connectivity index (χ2v) is 7.49. The Morgan fingerprint density at radius 1 is 0.920 bits per heavy atom. The Bertz CT molecular complexity index is 565. The van der Waals surface area contributed by atoms with Crippen molar-refractivity contribution in [3.05, 3.63) is 59.7 Å². The summed E-state index contributed by atoms with van der Waals surface area (Å²) in [6.45, 7) is 2.24. The first-order valence-electron chi connectivity index (χ1n) is 10.1. The lowest BCUT2D eigenvalue weighted by atomic mass is 9.78. The van der Waals surface area contributed by atoms with Gasteiger partial charge in [0.1, 0.15) is 0 Å². The molecule has 0 aromatic heterocycles. The molecular formula is C24H33N.